The van der Waals surface area contributed by atoms with E-state index >= 15 is 0 Å². The first-order valence-corrected chi connectivity index (χ1v) is 22.3. The van der Waals surface area contributed by atoms with Gasteiger partial charge in [-0.3, -0.25) is 0 Å². The van der Waals surface area contributed by atoms with Crippen molar-refractivity contribution < 1.29 is 0 Å². The lowest BCUT2D eigenvalue weighted by Gasteiger charge is -2.26. The van der Waals surface area contributed by atoms with Crippen molar-refractivity contribution in [2.45, 2.75) is 0 Å². The number of para-hydroxylation sites is 4. The number of rotatable bonds is 9. The number of benzene rings is 11. The molecule has 65 heavy (non-hydrogen) atoms. The minimum atomic E-state index is 1.09. The first kappa shape index (κ1) is 38.0. The Hall–Kier alpha value is -8.66. The average molecular weight is 830 g/mol. The van der Waals surface area contributed by atoms with Gasteiger partial charge in [0.15, 0.2) is 0 Å². The molecule has 12 aromatic rings. The third kappa shape index (κ3) is 6.97. The zero-order valence-corrected chi connectivity index (χ0v) is 35.7. The van der Waals surface area contributed by atoms with Crippen molar-refractivity contribution in [3.05, 3.63) is 261 Å². The highest BCUT2D eigenvalue weighted by molar-refractivity contribution is 6.15. The van der Waals surface area contributed by atoms with Gasteiger partial charge in [0.2, 0.25) is 0 Å². The van der Waals surface area contributed by atoms with Crippen LogP contribution >= 0.6 is 0 Å². The van der Waals surface area contributed by atoms with Crippen molar-refractivity contribution in [2.75, 3.05) is 9.80 Å². The summed E-state index contributed by atoms with van der Waals surface area (Å²) < 4.78 is 2.44. The largest absolute Gasteiger partial charge is 0.310 e. The molecule has 306 valence electrons. The molecule has 0 spiro atoms. The van der Waals surface area contributed by atoms with Crippen molar-refractivity contribution in [1.29, 1.82) is 0 Å². The van der Waals surface area contributed by atoms with E-state index in [1.54, 1.807) is 0 Å². The number of hydrogen-bond donors (Lipinski definition) is 0. The van der Waals surface area contributed by atoms with Crippen LogP contribution in [0, 0.1) is 0 Å². The molecule has 0 aliphatic carbocycles. The van der Waals surface area contributed by atoms with Crippen LogP contribution in [0.4, 0.5) is 34.1 Å². The minimum Gasteiger partial charge on any atom is -0.310 e. The molecule has 0 aliphatic rings. The van der Waals surface area contributed by atoms with E-state index in [0.717, 1.165) is 56.5 Å². The summed E-state index contributed by atoms with van der Waals surface area (Å²) in [5.74, 6) is 0. The van der Waals surface area contributed by atoms with Crippen molar-refractivity contribution in [1.82, 2.24) is 4.57 Å². The molecular weight excluding hydrogens is 787 g/mol. The summed E-state index contributed by atoms with van der Waals surface area (Å²) in [7, 11) is 0. The van der Waals surface area contributed by atoms with Gasteiger partial charge in [0, 0.05) is 56.1 Å². The lowest BCUT2D eigenvalue weighted by molar-refractivity contribution is 1.18. The van der Waals surface area contributed by atoms with Gasteiger partial charge in [-0.25, -0.2) is 0 Å². The van der Waals surface area contributed by atoms with Crippen molar-refractivity contribution in [3.8, 4) is 27.9 Å². The summed E-state index contributed by atoms with van der Waals surface area (Å²) in [5, 5.41) is 7.32. The molecule has 1 heterocycles. The predicted molar refractivity (Wildman–Crippen MR) is 276 cm³/mol. The summed E-state index contributed by atoms with van der Waals surface area (Å²) >= 11 is 0. The monoisotopic (exact) mass is 829 g/mol. The van der Waals surface area contributed by atoms with Gasteiger partial charge in [0.05, 0.1) is 11.0 Å². The van der Waals surface area contributed by atoms with Gasteiger partial charge in [0.25, 0.3) is 0 Å². The fourth-order valence-corrected chi connectivity index (χ4v) is 9.60. The summed E-state index contributed by atoms with van der Waals surface area (Å²) in [6.07, 6.45) is 0. The van der Waals surface area contributed by atoms with Gasteiger partial charge in [0.1, 0.15) is 0 Å². The van der Waals surface area contributed by atoms with Crippen molar-refractivity contribution >= 4 is 77.5 Å². The van der Waals surface area contributed by atoms with Crippen LogP contribution in [0.2, 0.25) is 0 Å². The van der Waals surface area contributed by atoms with E-state index in [1.165, 1.54) is 48.9 Å². The SMILES string of the molecule is c1ccc(N(c2ccc(-c3cc(-c4ccc(N(c5ccccc5)c5ccc6ccccc6c5)cc4)c4c(c3)c3ccccc3n4-c3ccccc3)cc2)c2ccc3ccccc3c2)cc1. The molecule has 0 unspecified atom stereocenters. The van der Waals surface area contributed by atoms with Gasteiger partial charge in [-0.15, -0.1) is 0 Å². The average Bonchev–Trinajstić information content (AvgIpc) is 3.72. The predicted octanol–water partition coefficient (Wildman–Crippen LogP) is 17.4. The second-order valence-corrected chi connectivity index (χ2v) is 16.6. The smallest absolute Gasteiger partial charge is 0.0619 e. The molecule has 0 aliphatic heterocycles. The van der Waals surface area contributed by atoms with Crippen molar-refractivity contribution in [2.24, 2.45) is 0 Å². The molecule has 0 atom stereocenters. The summed E-state index contributed by atoms with van der Waals surface area (Å²) in [4.78, 5) is 4.69. The maximum atomic E-state index is 2.44. The van der Waals surface area contributed by atoms with E-state index in [-0.39, 0.29) is 0 Å². The molecule has 1 aromatic heterocycles. The van der Waals surface area contributed by atoms with E-state index < -0.39 is 0 Å². The quantitative estimate of drug-likeness (QED) is 0.144. The number of anilines is 6. The lowest BCUT2D eigenvalue weighted by Crippen LogP contribution is -2.09. The second-order valence-electron chi connectivity index (χ2n) is 16.6. The Morgan fingerprint density at radius 1 is 0.262 bits per heavy atom. The van der Waals surface area contributed by atoms with E-state index in [2.05, 4.69) is 275 Å². The Labute approximate surface area is 378 Å². The molecule has 12 rings (SSSR count). The van der Waals surface area contributed by atoms with Crippen LogP contribution < -0.4 is 9.80 Å². The molecule has 0 saturated carbocycles. The van der Waals surface area contributed by atoms with E-state index in [0.29, 0.717) is 0 Å². The van der Waals surface area contributed by atoms with E-state index in [1.807, 2.05) is 0 Å². The maximum Gasteiger partial charge on any atom is 0.0619 e. The summed E-state index contributed by atoms with van der Waals surface area (Å²) in [6.45, 7) is 0. The van der Waals surface area contributed by atoms with Crippen LogP contribution in [0.3, 0.4) is 0 Å². The maximum absolute atomic E-state index is 2.44. The van der Waals surface area contributed by atoms with Crippen LogP contribution in [0.25, 0.3) is 71.3 Å². The summed E-state index contributed by atoms with van der Waals surface area (Å²) in [6, 6.07) is 94.4. The first-order chi connectivity index (χ1) is 32.2. The van der Waals surface area contributed by atoms with Crippen LogP contribution in [0.15, 0.2) is 261 Å². The molecule has 11 aromatic carbocycles. The third-order valence-electron chi connectivity index (χ3n) is 12.7. The van der Waals surface area contributed by atoms with E-state index in [4.69, 9.17) is 0 Å². The molecule has 0 radical (unpaired) electrons. The molecular formula is C62H43N3. The molecule has 0 amide bonds. The number of fused-ring (bicyclic) bond motifs is 5. The zero-order valence-electron chi connectivity index (χ0n) is 35.7. The minimum absolute atomic E-state index is 1.09. The normalized spacial score (nSPS) is 11.4. The highest BCUT2D eigenvalue weighted by atomic mass is 15.1. The molecule has 0 fully saturated rings. The Morgan fingerprint density at radius 3 is 1.25 bits per heavy atom. The molecule has 0 saturated heterocycles. The van der Waals surface area contributed by atoms with Gasteiger partial charge in [-0.05, 0) is 141 Å². The number of nitrogens with zero attached hydrogens (tertiary/aromatic N) is 3. The first-order valence-electron chi connectivity index (χ1n) is 22.3. The van der Waals surface area contributed by atoms with Gasteiger partial charge in [-0.1, -0.05) is 158 Å². The molecule has 3 nitrogen and oxygen atoms in total. The molecule has 3 heteroatoms. The highest BCUT2D eigenvalue weighted by Gasteiger charge is 2.20. The Bertz CT molecular complexity index is 3630. The highest BCUT2D eigenvalue weighted by Crippen LogP contribution is 2.44. The van der Waals surface area contributed by atoms with E-state index in [9.17, 15) is 0 Å². The van der Waals surface area contributed by atoms with Crippen LogP contribution in [-0.2, 0) is 0 Å². The Morgan fingerprint density at radius 2 is 0.692 bits per heavy atom. The zero-order chi connectivity index (χ0) is 43.1. The number of hydrogen-bond acceptors (Lipinski definition) is 2. The Kier molecular flexibility index (Phi) is 9.50. The van der Waals surface area contributed by atoms with Crippen LogP contribution in [-0.4, -0.2) is 4.57 Å². The van der Waals surface area contributed by atoms with Gasteiger partial charge < -0.3 is 14.4 Å². The van der Waals surface area contributed by atoms with Gasteiger partial charge in [-0.2, -0.15) is 0 Å². The molecule has 0 N–H and O–H groups in total. The number of aromatic nitrogens is 1. The standard InChI is InChI=1S/C62H43N3/c1-4-20-51(21-5-1)63(56-38-30-44-16-10-12-18-48(44)40-56)54-34-28-46(29-35-54)50-42-59(62-60(43-50)58-26-14-15-27-61(58)65(62)53-24-8-3-9-25-53)47-32-36-55(37-33-47)64(52-22-6-2-7-23-52)57-39-31-45-17-11-13-19-49(45)41-57/h1-43H. The third-order valence-corrected chi connectivity index (χ3v) is 12.7. The van der Waals surface area contributed by atoms with Crippen LogP contribution in [0.1, 0.15) is 0 Å². The molecule has 0 bridgehead atoms. The van der Waals surface area contributed by atoms with Gasteiger partial charge >= 0.3 is 0 Å². The Balaban J connectivity index is 1.01. The van der Waals surface area contributed by atoms with Crippen molar-refractivity contribution in [3.63, 3.8) is 0 Å². The topological polar surface area (TPSA) is 11.4 Å². The van der Waals surface area contributed by atoms with Crippen LogP contribution in [0.5, 0.6) is 0 Å². The fourth-order valence-electron chi connectivity index (χ4n) is 9.60. The lowest BCUT2D eigenvalue weighted by atomic mass is 9.95. The summed E-state index contributed by atoms with van der Waals surface area (Å²) in [5.41, 5.74) is 14.8. The second kappa shape index (κ2) is 16.2. The fraction of sp³-hybridized carbons (Fsp3) is 0.